The Morgan fingerprint density at radius 1 is 1.00 bits per heavy atom. The highest BCUT2D eigenvalue weighted by atomic mass is 79.9. The first kappa shape index (κ1) is 16.4. The summed E-state index contributed by atoms with van der Waals surface area (Å²) in [6.45, 7) is 0.839. The lowest BCUT2D eigenvalue weighted by Gasteiger charge is -2.17. The minimum absolute atomic E-state index is 0.700. The van der Waals surface area contributed by atoms with Crippen LogP contribution >= 0.6 is 15.9 Å². The SMILES string of the molecule is CN(CCc1ccncc1)c1nccc(Nc2ccc(Br)cc2)n1. The third kappa shape index (κ3) is 4.52. The van der Waals surface area contributed by atoms with Crippen molar-refractivity contribution in [2.24, 2.45) is 0 Å². The van der Waals surface area contributed by atoms with Crippen LogP contribution in [0.15, 0.2) is 65.5 Å². The van der Waals surface area contributed by atoms with E-state index in [1.165, 1.54) is 5.56 Å². The molecular weight excluding hydrogens is 366 g/mol. The maximum absolute atomic E-state index is 4.58. The standard InChI is InChI=1S/C18H18BrN5/c1-24(13-9-14-6-10-20-11-7-14)18-21-12-8-17(23-18)22-16-4-2-15(19)3-5-16/h2-8,10-12H,9,13H2,1H3,(H,21,22,23). The second-order valence-corrected chi connectivity index (χ2v) is 6.32. The normalized spacial score (nSPS) is 10.4. The zero-order chi connectivity index (χ0) is 16.8. The Bertz CT molecular complexity index is 777. The summed E-state index contributed by atoms with van der Waals surface area (Å²) in [4.78, 5) is 15.0. The third-order valence-electron chi connectivity index (χ3n) is 3.59. The minimum Gasteiger partial charge on any atom is -0.343 e. The van der Waals surface area contributed by atoms with E-state index in [1.807, 2.05) is 66.8 Å². The number of likely N-dealkylation sites (N-methyl/N-ethyl adjacent to an activating group) is 1. The van der Waals surface area contributed by atoms with Gasteiger partial charge in [0, 0.05) is 42.3 Å². The molecule has 122 valence electrons. The van der Waals surface area contributed by atoms with Crippen molar-refractivity contribution in [3.05, 3.63) is 71.1 Å². The lowest BCUT2D eigenvalue weighted by molar-refractivity contribution is 0.837. The van der Waals surface area contributed by atoms with E-state index in [0.29, 0.717) is 5.95 Å². The van der Waals surface area contributed by atoms with Crippen LogP contribution in [0, 0.1) is 0 Å². The molecule has 0 unspecified atom stereocenters. The molecule has 0 spiro atoms. The van der Waals surface area contributed by atoms with Gasteiger partial charge in [0.15, 0.2) is 0 Å². The van der Waals surface area contributed by atoms with Crippen LogP contribution in [0.3, 0.4) is 0 Å². The number of halogens is 1. The molecule has 1 aromatic carbocycles. The number of nitrogens with one attached hydrogen (secondary N) is 1. The van der Waals surface area contributed by atoms with Gasteiger partial charge >= 0.3 is 0 Å². The summed E-state index contributed by atoms with van der Waals surface area (Å²) in [7, 11) is 2.00. The second kappa shape index (κ2) is 7.88. The van der Waals surface area contributed by atoms with Crippen molar-refractivity contribution in [3.8, 4) is 0 Å². The Labute approximate surface area is 149 Å². The molecule has 2 heterocycles. The van der Waals surface area contributed by atoms with Gasteiger partial charge in [0.1, 0.15) is 5.82 Å². The first-order valence-electron chi connectivity index (χ1n) is 7.66. The van der Waals surface area contributed by atoms with E-state index < -0.39 is 0 Å². The topological polar surface area (TPSA) is 53.9 Å². The lowest BCUT2D eigenvalue weighted by Crippen LogP contribution is -2.22. The van der Waals surface area contributed by atoms with Gasteiger partial charge in [-0.15, -0.1) is 0 Å². The number of nitrogens with zero attached hydrogens (tertiary/aromatic N) is 4. The fourth-order valence-electron chi connectivity index (χ4n) is 2.23. The van der Waals surface area contributed by atoms with Crippen LogP contribution in [0.25, 0.3) is 0 Å². The fraction of sp³-hybridized carbons (Fsp3) is 0.167. The highest BCUT2D eigenvalue weighted by molar-refractivity contribution is 9.10. The molecule has 0 fully saturated rings. The predicted molar refractivity (Wildman–Crippen MR) is 101 cm³/mol. The molecule has 0 aliphatic heterocycles. The van der Waals surface area contributed by atoms with Gasteiger partial charge in [-0.05, 0) is 54.4 Å². The number of hydrogen-bond acceptors (Lipinski definition) is 5. The Balaban J connectivity index is 1.64. The highest BCUT2D eigenvalue weighted by Gasteiger charge is 2.06. The average Bonchev–Trinajstić information content (AvgIpc) is 2.63. The van der Waals surface area contributed by atoms with E-state index in [0.717, 1.165) is 28.9 Å². The van der Waals surface area contributed by atoms with Gasteiger partial charge in [-0.25, -0.2) is 4.98 Å². The maximum atomic E-state index is 4.58. The maximum Gasteiger partial charge on any atom is 0.227 e. The zero-order valence-corrected chi connectivity index (χ0v) is 14.9. The van der Waals surface area contributed by atoms with Gasteiger partial charge in [-0.3, -0.25) is 4.98 Å². The molecule has 24 heavy (non-hydrogen) atoms. The number of rotatable bonds is 6. The monoisotopic (exact) mass is 383 g/mol. The van der Waals surface area contributed by atoms with Crippen LogP contribution in [-0.4, -0.2) is 28.5 Å². The first-order chi connectivity index (χ1) is 11.7. The highest BCUT2D eigenvalue weighted by Crippen LogP contribution is 2.19. The Morgan fingerprint density at radius 3 is 2.50 bits per heavy atom. The minimum atomic E-state index is 0.700. The number of aromatic nitrogens is 3. The Morgan fingerprint density at radius 2 is 1.75 bits per heavy atom. The van der Waals surface area contributed by atoms with Crippen LogP contribution in [0.2, 0.25) is 0 Å². The Hall–Kier alpha value is -2.47. The molecule has 1 N–H and O–H groups in total. The molecule has 3 rings (SSSR count). The molecule has 0 saturated carbocycles. The van der Waals surface area contributed by atoms with E-state index in [9.17, 15) is 0 Å². The summed E-state index contributed by atoms with van der Waals surface area (Å²) in [5.74, 6) is 1.48. The molecule has 5 nitrogen and oxygen atoms in total. The van der Waals surface area contributed by atoms with Gasteiger partial charge in [0.2, 0.25) is 5.95 Å². The quantitative estimate of drug-likeness (QED) is 0.695. The van der Waals surface area contributed by atoms with Gasteiger partial charge < -0.3 is 10.2 Å². The molecule has 6 heteroatoms. The zero-order valence-electron chi connectivity index (χ0n) is 13.4. The molecular formula is C18H18BrN5. The van der Waals surface area contributed by atoms with E-state index in [1.54, 1.807) is 6.20 Å². The second-order valence-electron chi connectivity index (χ2n) is 5.40. The van der Waals surface area contributed by atoms with E-state index in [-0.39, 0.29) is 0 Å². The third-order valence-corrected chi connectivity index (χ3v) is 4.11. The molecule has 0 amide bonds. The van der Waals surface area contributed by atoms with Crippen LogP contribution < -0.4 is 10.2 Å². The van der Waals surface area contributed by atoms with Crippen molar-refractivity contribution >= 4 is 33.4 Å². The molecule has 2 aromatic heterocycles. The van der Waals surface area contributed by atoms with Gasteiger partial charge in [0.05, 0.1) is 0 Å². The van der Waals surface area contributed by atoms with Crippen LogP contribution in [-0.2, 0) is 6.42 Å². The van der Waals surface area contributed by atoms with E-state index in [2.05, 4.69) is 36.2 Å². The van der Waals surface area contributed by atoms with Crippen LogP contribution in [0.4, 0.5) is 17.5 Å². The summed E-state index contributed by atoms with van der Waals surface area (Å²) < 4.78 is 1.05. The number of hydrogen-bond donors (Lipinski definition) is 1. The van der Waals surface area contributed by atoms with Crippen molar-refractivity contribution in [2.45, 2.75) is 6.42 Å². The summed E-state index contributed by atoms with van der Waals surface area (Å²) in [6.07, 6.45) is 6.32. The Kier molecular flexibility index (Phi) is 5.38. The molecule has 0 atom stereocenters. The van der Waals surface area contributed by atoms with Crippen LogP contribution in [0.1, 0.15) is 5.56 Å². The average molecular weight is 384 g/mol. The van der Waals surface area contributed by atoms with Gasteiger partial charge in [-0.1, -0.05) is 15.9 Å². The fourth-order valence-corrected chi connectivity index (χ4v) is 2.49. The summed E-state index contributed by atoms with van der Waals surface area (Å²) in [6, 6.07) is 13.9. The summed E-state index contributed by atoms with van der Waals surface area (Å²) in [5.41, 5.74) is 2.24. The molecule has 3 aromatic rings. The van der Waals surface area contributed by atoms with Crippen LogP contribution in [0.5, 0.6) is 0 Å². The smallest absolute Gasteiger partial charge is 0.227 e. The van der Waals surface area contributed by atoms with Crippen molar-refractivity contribution in [2.75, 3.05) is 23.8 Å². The number of benzene rings is 1. The van der Waals surface area contributed by atoms with Crippen molar-refractivity contribution in [3.63, 3.8) is 0 Å². The first-order valence-corrected chi connectivity index (χ1v) is 8.46. The predicted octanol–water partition coefficient (Wildman–Crippen LogP) is 4.06. The van der Waals surface area contributed by atoms with Gasteiger partial charge in [0.25, 0.3) is 0 Å². The van der Waals surface area contributed by atoms with Crippen molar-refractivity contribution < 1.29 is 0 Å². The number of anilines is 3. The van der Waals surface area contributed by atoms with Crippen molar-refractivity contribution in [1.29, 1.82) is 0 Å². The number of pyridine rings is 1. The molecule has 0 aliphatic carbocycles. The molecule has 0 aliphatic rings. The summed E-state index contributed by atoms with van der Waals surface area (Å²) >= 11 is 3.43. The molecule has 0 radical (unpaired) electrons. The molecule has 0 bridgehead atoms. The molecule has 0 saturated heterocycles. The van der Waals surface area contributed by atoms with E-state index in [4.69, 9.17) is 0 Å². The van der Waals surface area contributed by atoms with E-state index >= 15 is 0 Å². The van der Waals surface area contributed by atoms with Crippen molar-refractivity contribution in [1.82, 2.24) is 15.0 Å². The lowest BCUT2D eigenvalue weighted by atomic mass is 10.2. The summed E-state index contributed by atoms with van der Waals surface area (Å²) in [5, 5.41) is 3.29. The largest absolute Gasteiger partial charge is 0.343 e. The van der Waals surface area contributed by atoms with Gasteiger partial charge in [-0.2, -0.15) is 4.98 Å².